The van der Waals surface area contributed by atoms with E-state index in [1.807, 2.05) is 27.8 Å². The van der Waals surface area contributed by atoms with Crippen molar-refractivity contribution in [3.8, 4) is 0 Å². The molecule has 2 unspecified atom stereocenters. The van der Waals surface area contributed by atoms with Gasteiger partial charge < -0.3 is 14.6 Å². The molecule has 1 saturated carbocycles. The molecule has 1 N–H and O–H groups in total. The molecule has 1 aromatic heterocycles. The number of rotatable bonds is 3. The number of carbonyl (C=O) groups is 1. The normalized spacial score (nSPS) is 29.2. The number of aromatic nitrogens is 1. The van der Waals surface area contributed by atoms with E-state index in [4.69, 9.17) is 0 Å². The maximum Gasteiger partial charge on any atom is 0.270 e. The lowest BCUT2D eigenvalue weighted by molar-refractivity contribution is -0.0887. The first-order chi connectivity index (χ1) is 10.1. The van der Waals surface area contributed by atoms with Gasteiger partial charge in [0, 0.05) is 31.7 Å². The number of fused-ring (bicyclic) bond motifs is 1. The van der Waals surface area contributed by atoms with Gasteiger partial charge in [0.1, 0.15) is 5.69 Å². The molecule has 2 fully saturated rings. The summed E-state index contributed by atoms with van der Waals surface area (Å²) in [6.07, 6.45) is 8.01. The van der Waals surface area contributed by atoms with Crippen LogP contribution in [0.25, 0.3) is 0 Å². The summed E-state index contributed by atoms with van der Waals surface area (Å²) in [6, 6.07) is 3.86. The molecule has 2 aliphatic rings. The summed E-state index contributed by atoms with van der Waals surface area (Å²) in [4.78, 5) is 14.7. The molecule has 0 radical (unpaired) electrons. The van der Waals surface area contributed by atoms with E-state index in [0.29, 0.717) is 13.1 Å². The van der Waals surface area contributed by atoms with Crippen LogP contribution in [0, 0.1) is 5.92 Å². The van der Waals surface area contributed by atoms with E-state index < -0.39 is 5.60 Å². The van der Waals surface area contributed by atoms with Gasteiger partial charge in [0.15, 0.2) is 0 Å². The van der Waals surface area contributed by atoms with Crippen LogP contribution in [0.3, 0.4) is 0 Å². The largest absolute Gasteiger partial charge is 0.389 e. The predicted molar refractivity (Wildman–Crippen MR) is 82.2 cm³/mol. The third kappa shape index (κ3) is 2.73. The first kappa shape index (κ1) is 14.6. The number of hydrogen-bond donors (Lipinski definition) is 1. The highest BCUT2D eigenvalue weighted by Crippen LogP contribution is 2.40. The topological polar surface area (TPSA) is 45.5 Å². The maximum atomic E-state index is 12.8. The number of piperidine rings is 1. The Labute approximate surface area is 126 Å². The smallest absolute Gasteiger partial charge is 0.270 e. The third-order valence-electron chi connectivity index (χ3n) is 5.23. The lowest BCUT2D eigenvalue weighted by atomic mass is 9.71. The van der Waals surface area contributed by atoms with Gasteiger partial charge in [-0.25, -0.2) is 0 Å². The molecule has 0 aromatic carbocycles. The summed E-state index contributed by atoms with van der Waals surface area (Å²) < 4.78 is 2.05. The van der Waals surface area contributed by atoms with Crippen molar-refractivity contribution in [1.29, 1.82) is 0 Å². The average molecular weight is 290 g/mol. The van der Waals surface area contributed by atoms with Gasteiger partial charge in [-0.2, -0.15) is 0 Å². The minimum absolute atomic E-state index is 0.126. The summed E-state index contributed by atoms with van der Waals surface area (Å²) in [5.41, 5.74) is 0.276. The van der Waals surface area contributed by atoms with Crippen molar-refractivity contribution in [2.24, 2.45) is 5.92 Å². The number of likely N-dealkylation sites (tertiary alicyclic amines) is 1. The molecule has 1 aliphatic carbocycles. The van der Waals surface area contributed by atoms with E-state index in [-0.39, 0.29) is 11.8 Å². The monoisotopic (exact) mass is 290 g/mol. The van der Waals surface area contributed by atoms with Crippen LogP contribution in [0.1, 0.15) is 55.9 Å². The summed E-state index contributed by atoms with van der Waals surface area (Å²) >= 11 is 0. The van der Waals surface area contributed by atoms with Crippen LogP contribution in [0.4, 0.5) is 0 Å². The number of amides is 1. The van der Waals surface area contributed by atoms with Crippen LogP contribution in [-0.2, 0) is 6.54 Å². The van der Waals surface area contributed by atoms with E-state index >= 15 is 0 Å². The third-order valence-corrected chi connectivity index (χ3v) is 5.23. The molecule has 21 heavy (non-hydrogen) atoms. The van der Waals surface area contributed by atoms with Gasteiger partial charge >= 0.3 is 0 Å². The van der Waals surface area contributed by atoms with Crippen molar-refractivity contribution >= 4 is 5.91 Å². The molecule has 0 spiro atoms. The van der Waals surface area contributed by atoms with E-state index in [2.05, 4.69) is 6.92 Å². The minimum Gasteiger partial charge on any atom is -0.389 e. The van der Waals surface area contributed by atoms with Crippen molar-refractivity contribution in [2.45, 2.75) is 57.6 Å². The Bertz CT molecular complexity index is 511. The first-order valence-corrected chi connectivity index (χ1v) is 8.31. The van der Waals surface area contributed by atoms with Gasteiger partial charge in [-0.1, -0.05) is 19.8 Å². The van der Waals surface area contributed by atoms with Gasteiger partial charge in [0.25, 0.3) is 5.91 Å². The molecule has 1 saturated heterocycles. The molecular formula is C17H26N2O2. The summed E-state index contributed by atoms with van der Waals surface area (Å²) in [6.45, 7) is 4.41. The van der Waals surface area contributed by atoms with Crippen molar-refractivity contribution in [3.63, 3.8) is 0 Å². The molecule has 116 valence electrons. The van der Waals surface area contributed by atoms with Crippen LogP contribution in [0.5, 0.6) is 0 Å². The van der Waals surface area contributed by atoms with Crippen LogP contribution in [-0.4, -0.2) is 39.2 Å². The highest BCUT2D eigenvalue weighted by Gasteiger charge is 2.43. The Morgan fingerprint density at radius 1 is 1.43 bits per heavy atom. The fraction of sp³-hybridized carbons (Fsp3) is 0.706. The fourth-order valence-electron chi connectivity index (χ4n) is 3.96. The quantitative estimate of drug-likeness (QED) is 0.930. The van der Waals surface area contributed by atoms with E-state index in [1.54, 1.807) is 0 Å². The maximum absolute atomic E-state index is 12.8. The Morgan fingerprint density at radius 2 is 2.29 bits per heavy atom. The standard InChI is InChI=1S/C17H26N2O2/c1-2-10-18-11-5-7-15(18)16(20)19-12-9-17(21)8-4-3-6-14(17)13-19/h5,7,11,14,21H,2-4,6,8-10,12-13H2,1H3. The second-order valence-corrected chi connectivity index (χ2v) is 6.63. The molecule has 2 heterocycles. The van der Waals surface area contributed by atoms with Crippen LogP contribution >= 0.6 is 0 Å². The Balaban J connectivity index is 1.73. The highest BCUT2D eigenvalue weighted by molar-refractivity contribution is 5.92. The Morgan fingerprint density at radius 3 is 3.10 bits per heavy atom. The summed E-state index contributed by atoms with van der Waals surface area (Å²) in [7, 11) is 0. The van der Waals surface area contributed by atoms with E-state index in [1.165, 1.54) is 6.42 Å². The van der Waals surface area contributed by atoms with Gasteiger partial charge in [0.2, 0.25) is 0 Å². The second kappa shape index (κ2) is 5.84. The van der Waals surface area contributed by atoms with Crippen LogP contribution in [0.15, 0.2) is 18.3 Å². The lowest BCUT2D eigenvalue weighted by Gasteiger charge is -2.47. The SMILES string of the molecule is CCCn1cccc1C(=O)N1CCC2(O)CCCCC2C1. The van der Waals surface area contributed by atoms with Crippen LogP contribution in [0.2, 0.25) is 0 Å². The number of nitrogens with zero attached hydrogens (tertiary/aromatic N) is 2. The molecule has 0 bridgehead atoms. The zero-order chi connectivity index (χ0) is 14.9. The van der Waals surface area contributed by atoms with Gasteiger partial charge in [-0.3, -0.25) is 4.79 Å². The summed E-state index contributed by atoms with van der Waals surface area (Å²) in [5, 5.41) is 10.7. The Kier molecular flexibility index (Phi) is 4.07. The zero-order valence-corrected chi connectivity index (χ0v) is 12.9. The van der Waals surface area contributed by atoms with Crippen molar-refractivity contribution < 1.29 is 9.90 Å². The van der Waals surface area contributed by atoms with Crippen molar-refractivity contribution in [3.05, 3.63) is 24.0 Å². The lowest BCUT2D eigenvalue weighted by Crippen LogP contribution is -2.54. The molecular weight excluding hydrogens is 264 g/mol. The predicted octanol–water partition coefficient (Wildman–Crippen LogP) is 2.67. The fourth-order valence-corrected chi connectivity index (χ4v) is 3.96. The van der Waals surface area contributed by atoms with Crippen LogP contribution < -0.4 is 0 Å². The van der Waals surface area contributed by atoms with E-state index in [9.17, 15) is 9.90 Å². The molecule has 4 nitrogen and oxygen atoms in total. The van der Waals surface area contributed by atoms with Gasteiger partial charge in [0.05, 0.1) is 5.60 Å². The summed E-state index contributed by atoms with van der Waals surface area (Å²) in [5.74, 6) is 0.389. The van der Waals surface area contributed by atoms with Gasteiger partial charge in [-0.15, -0.1) is 0 Å². The highest BCUT2D eigenvalue weighted by atomic mass is 16.3. The zero-order valence-electron chi connectivity index (χ0n) is 12.9. The average Bonchev–Trinajstić information content (AvgIpc) is 2.94. The van der Waals surface area contributed by atoms with Gasteiger partial charge in [-0.05, 0) is 37.8 Å². The molecule has 1 aliphatic heterocycles. The number of hydrogen-bond acceptors (Lipinski definition) is 2. The molecule has 3 rings (SSSR count). The molecule has 4 heteroatoms. The minimum atomic E-state index is -0.513. The number of aryl methyl sites for hydroxylation is 1. The Hall–Kier alpha value is -1.29. The second-order valence-electron chi connectivity index (χ2n) is 6.63. The van der Waals surface area contributed by atoms with E-state index in [0.717, 1.165) is 44.3 Å². The molecule has 2 atom stereocenters. The first-order valence-electron chi connectivity index (χ1n) is 8.31. The van der Waals surface area contributed by atoms with Crippen molar-refractivity contribution in [1.82, 2.24) is 9.47 Å². The number of carbonyl (C=O) groups excluding carboxylic acids is 1. The molecule has 1 aromatic rings. The van der Waals surface area contributed by atoms with Crippen molar-refractivity contribution in [2.75, 3.05) is 13.1 Å². The number of aliphatic hydroxyl groups is 1. The molecule has 1 amide bonds.